The number of benzene rings is 4. The van der Waals surface area contributed by atoms with Gasteiger partial charge in [-0.3, -0.25) is 14.4 Å². The fraction of sp³-hybridized carbons (Fsp3) is 0.300. The van der Waals surface area contributed by atoms with Crippen molar-refractivity contribution < 1.29 is 47.6 Å². The number of thioether (sulfide) groups is 1. The van der Waals surface area contributed by atoms with Crippen LogP contribution in [0.3, 0.4) is 0 Å². The number of hydrogen-bond acceptors (Lipinski definition) is 8. The number of ether oxygens (including phenoxy) is 2. The zero-order valence-electron chi connectivity index (χ0n) is 29.8. The molecule has 0 bridgehead atoms. The molecule has 3 amide bonds. The van der Waals surface area contributed by atoms with E-state index in [0.717, 1.165) is 0 Å². The number of halogens is 2. The maximum Gasteiger partial charge on any atom is 0.328 e. The van der Waals surface area contributed by atoms with E-state index in [1.165, 1.54) is 60.3 Å². The summed E-state index contributed by atoms with van der Waals surface area (Å²) in [5.41, 5.74) is 1.50. The van der Waals surface area contributed by atoms with E-state index in [1.807, 2.05) is 0 Å². The number of anilines is 1. The van der Waals surface area contributed by atoms with Crippen LogP contribution in [0.2, 0.25) is 0 Å². The quantitative estimate of drug-likeness (QED) is 0.108. The van der Waals surface area contributed by atoms with E-state index in [0.29, 0.717) is 28.1 Å². The van der Waals surface area contributed by atoms with E-state index in [-0.39, 0.29) is 18.3 Å². The molecule has 4 N–H and O–H groups in total. The number of amides is 3. The number of carbonyl (C=O) groups excluding carboxylic acids is 3. The predicted octanol–water partition coefficient (Wildman–Crippen LogP) is 5.51. The molecule has 0 radical (unpaired) electrons. The first-order valence-electron chi connectivity index (χ1n) is 17.1. The summed E-state index contributed by atoms with van der Waals surface area (Å²) in [6, 6.07) is 23.0. The van der Waals surface area contributed by atoms with Gasteiger partial charge in [0.05, 0.1) is 24.4 Å². The van der Waals surface area contributed by atoms with Crippen LogP contribution in [-0.2, 0) is 23.9 Å². The Morgan fingerprint density at radius 2 is 1.46 bits per heavy atom. The average molecular weight is 762 g/mol. The number of aliphatic hydroxyl groups excluding tert-OH is 1. The zero-order chi connectivity index (χ0) is 39.0. The highest BCUT2D eigenvalue weighted by Crippen LogP contribution is 2.46. The molecule has 1 saturated heterocycles. The van der Waals surface area contributed by atoms with Gasteiger partial charge in [0, 0.05) is 11.4 Å². The second kappa shape index (κ2) is 17.7. The van der Waals surface area contributed by atoms with Crippen molar-refractivity contribution in [3.63, 3.8) is 0 Å². The van der Waals surface area contributed by atoms with Gasteiger partial charge in [0.25, 0.3) is 5.91 Å². The normalized spacial score (nSPS) is 17.1. The van der Waals surface area contributed by atoms with Crippen LogP contribution in [0.25, 0.3) is 0 Å². The third-order valence-electron chi connectivity index (χ3n) is 8.43. The van der Waals surface area contributed by atoms with Crippen molar-refractivity contribution in [3.8, 4) is 5.75 Å². The first-order valence-corrected chi connectivity index (χ1v) is 18.1. The predicted molar refractivity (Wildman–Crippen MR) is 199 cm³/mol. The number of aliphatic carboxylic acids is 1. The van der Waals surface area contributed by atoms with Gasteiger partial charge in [-0.2, -0.15) is 0 Å². The van der Waals surface area contributed by atoms with Crippen molar-refractivity contribution in [2.24, 2.45) is 0 Å². The second-order valence-corrected chi connectivity index (χ2v) is 14.7. The molecule has 54 heavy (non-hydrogen) atoms. The molecule has 5 rings (SSSR count). The number of carbonyl (C=O) groups is 4. The van der Waals surface area contributed by atoms with Crippen molar-refractivity contribution in [2.45, 2.75) is 55.9 Å². The number of nitrogens with zero attached hydrogens (tertiary/aromatic N) is 1. The molecular weight excluding hydrogens is 721 g/mol. The van der Waals surface area contributed by atoms with E-state index in [9.17, 15) is 38.2 Å². The molecule has 0 aliphatic carbocycles. The van der Waals surface area contributed by atoms with E-state index < -0.39 is 71.1 Å². The minimum absolute atomic E-state index is 0.162. The maximum atomic E-state index is 13.7. The summed E-state index contributed by atoms with van der Waals surface area (Å²) in [6.07, 6.45) is -0.945. The van der Waals surface area contributed by atoms with Gasteiger partial charge in [-0.1, -0.05) is 54.6 Å². The summed E-state index contributed by atoms with van der Waals surface area (Å²) in [7, 11) is 0. The van der Waals surface area contributed by atoms with Gasteiger partial charge in [0.15, 0.2) is 12.6 Å². The standard InChI is InChI=1S/C40H41F2N3O8S/c1-40(2,3)53-21-31(39(50)51)43-37(48)34(25-7-5-4-6-8-25)44-33(47)22-52-30-19-11-26(12-20-30)35-36(38(49)45(35)29-17-15-28(42)16-18-29)54-23-32(46)24-9-13-27(41)14-10-24/h4-20,31-32,34-36,46H,21-23H2,1-3H3,(H,43,48)(H,44,47)(H,50,51)/t31-,32?,34+,35?,36?/m0/s1. The number of carboxylic acids is 1. The molecule has 1 fully saturated rings. The lowest BCUT2D eigenvalue weighted by atomic mass is 9.92. The van der Waals surface area contributed by atoms with Gasteiger partial charge in [-0.05, 0) is 86.0 Å². The molecule has 5 atom stereocenters. The zero-order valence-corrected chi connectivity index (χ0v) is 30.6. The molecule has 4 aromatic rings. The number of β-lactam (4-membered cyclic amide) rings is 1. The van der Waals surface area contributed by atoms with E-state index in [2.05, 4.69) is 10.6 Å². The van der Waals surface area contributed by atoms with Crippen LogP contribution in [0.5, 0.6) is 5.75 Å². The lowest BCUT2D eigenvalue weighted by molar-refractivity contribution is -0.145. The highest BCUT2D eigenvalue weighted by Gasteiger charge is 2.49. The van der Waals surface area contributed by atoms with Crippen molar-refractivity contribution in [1.82, 2.24) is 10.6 Å². The molecule has 0 aromatic heterocycles. The molecule has 0 saturated carbocycles. The third-order valence-corrected chi connectivity index (χ3v) is 9.76. The maximum absolute atomic E-state index is 13.7. The van der Waals surface area contributed by atoms with Gasteiger partial charge < -0.3 is 35.2 Å². The fourth-order valence-corrected chi connectivity index (χ4v) is 6.94. The molecule has 1 aliphatic heterocycles. The molecular formula is C40H41F2N3O8S. The number of nitrogens with one attached hydrogen (secondary N) is 2. The third kappa shape index (κ3) is 10.4. The van der Waals surface area contributed by atoms with Crippen LogP contribution < -0.4 is 20.3 Å². The van der Waals surface area contributed by atoms with Crippen molar-refractivity contribution >= 4 is 41.1 Å². The van der Waals surface area contributed by atoms with Crippen LogP contribution in [-0.4, -0.2) is 69.8 Å². The largest absolute Gasteiger partial charge is 0.484 e. The Labute approximate surface area is 315 Å². The summed E-state index contributed by atoms with van der Waals surface area (Å²) >= 11 is 1.25. The summed E-state index contributed by atoms with van der Waals surface area (Å²) < 4.78 is 38.4. The monoisotopic (exact) mass is 761 g/mol. The molecule has 284 valence electrons. The van der Waals surface area contributed by atoms with Crippen LogP contribution >= 0.6 is 11.8 Å². The van der Waals surface area contributed by atoms with Crippen LogP contribution in [0, 0.1) is 11.6 Å². The van der Waals surface area contributed by atoms with Crippen LogP contribution in [0.4, 0.5) is 14.5 Å². The van der Waals surface area contributed by atoms with Gasteiger partial charge in [0.2, 0.25) is 11.8 Å². The molecule has 1 aliphatic rings. The van der Waals surface area contributed by atoms with Crippen LogP contribution in [0.15, 0.2) is 103 Å². The summed E-state index contributed by atoms with van der Waals surface area (Å²) in [6.45, 7) is 4.51. The Morgan fingerprint density at radius 3 is 2.06 bits per heavy atom. The van der Waals surface area contributed by atoms with Gasteiger partial charge >= 0.3 is 5.97 Å². The molecule has 11 nitrogen and oxygen atoms in total. The highest BCUT2D eigenvalue weighted by molar-refractivity contribution is 8.00. The van der Waals surface area contributed by atoms with E-state index in [4.69, 9.17) is 9.47 Å². The summed E-state index contributed by atoms with van der Waals surface area (Å²) in [5.74, 6) is -3.32. The topological polar surface area (TPSA) is 154 Å². The first kappa shape index (κ1) is 39.9. The van der Waals surface area contributed by atoms with E-state index in [1.54, 1.807) is 80.3 Å². The van der Waals surface area contributed by atoms with Crippen molar-refractivity contribution in [2.75, 3.05) is 23.9 Å². The SMILES string of the molecule is CC(C)(C)OC[C@H](NC(=O)[C@H](NC(=O)COc1ccc(C2C(SCC(O)c3ccc(F)cc3)C(=O)N2c2ccc(F)cc2)cc1)c1ccccc1)C(=O)O. The Bertz CT molecular complexity index is 1910. The molecule has 1 heterocycles. The number of aliphatic hydroxyl groups is 1. The highest BCUT2D eigenvalue weighted by atomic mass is 32.2. The summed E-state index contributed by atoms with van der Waals surface area (Å²) in [5, 5.41) is 24.9. The molecule has 14 heteroatoms. The Kier molecular flexibility index (Phi) is 13.1. The first-order chi connectivity index (χ1) is 25.7. The molecule has 4 aromatic carbocycles. The number of carboxylic acid groups (broad SMARTS) is 1. The Balaban J connectivity index is 1.25. The Hall–Kier alpha value is -5.31. The molecule has 3 unspecified atom stereocenters. The fourth-order valence-electron chi connectivity index (χ4n) is 5.64. The van der Waals surface area contributed by atoms with Gasteiger partial charge in [-0.25, -0.2) is 13.6 Å². The lowest BCUT2D eigenvalue weighted by Crippen LogP contribution is -2.57. The number of hydrogen-bond donors (Lipinski definition) is 4. The van der Waals surface area contributed by atoms with Gasteiger partial charge in [-0.15, -0.1) is 11.8 Å². The summed E-state index contributed by atoms with van der Waals surface area (Å²) in [4.78, 5) is 53.3. The second-order valence-electron chi connectivity index (χ2n) is 13.5. The average Bonchev–Trinajstić information content (AvgIpc) is 3.14. The van der Waals surface area contributed by atoms with Crippen molar-refractivity contribution in [3.05, 3.63) is 131 Å². The number of rotatable bonds is 16. The Morgan fingerprint density at radius 1 is 0.852 bits per heavy atom. The van der Waals surface area contributed by atoms with Crippen molar-refractivity contribution in [1.29, 1.82) is 0 Å². The van der Waals surface area contributed by atoms with Gasteiger partial charge in [0.1, 0.15) is 28.7 Å². The smallest absolute Gasteiger partial charge is 0.328 e. The van der Waals surface area contributed by atoms with Crippen LogP contribution in [0.1, 0.15) is 55.6 Å². The minimum Gasteiger partial charge on any atom is -0.484 e. The lowest BCUT2D eigenvalue weighted by Gasteiger charge is -2.47. The van der Waals surface area contributed by atoms with E-state index >= 15 is 0 Å². The molecule has 0 spiro atoms. The minimum atomic E-state index is -1.36.